The number of hydrogen-bond donors (Lipinski definition) is 0. The largest absolute Gasteiger partial charge is 0.151 e. The van der Waals surface area contributed by atoms with Crippen molar-refractivity contribution in [3.05, 3.63) is 0 Å². The molecular weight excluding hydrogens is 172 g/mol. The predicted octanol–water partition coefficient (Wildman–Crippen LogP) is 2.84. The summed E-state index contributed by atoms with van der Waals surface area (Å²) >= 11 is 0. The Morgan fingerprint density at radius 3 is 1.93 bits per heavy atom. The van der Waals surface area contributed by atoms with E-state index in [9.17, 15) is 0 Å². The van der Waals surface area contributed by atoms with Gasteiger partial charge >= 0.3 is 0 Å². The van der Waals surface area contributed by atoms with Gasteiger partial charge in [-0.05, 0) is 26.7 Å². The van der Waals surface area contributed by atoms with Gasteiger partial charge in [-0.1, -0.05) is 25.8 Å². The van der Waals surface area contributed by atoms with E-state index in [0.29, 0.717) is 6.04 Å². The van der Waals surface area contributed by atoms with E-state index in [2.05, 4.69) is 51.6 Å². The van der Waals surface area contributed by atoms with Crippen molar-refractivity contribution in [1.82, 2.24) is 10.0 Å². The summed E-state index contributed by atoms with van der Waals surface area (Å²) < 4.78 is 0. The van der Waals surface area contributed by atoms with Crippen molar-refractivity contribution in [3.8, 4) is 0 Å². The minimum atomic E-state index is 0.665. The first-order valence-corrected chi connectivity index (χ1v) is 6.08. The molecule has 0 saturated heterocycles. The van der Waals surface area contributed by atoms with Crippen LogP contribution < -0.4 is 5.01 Å². The van der Waals surface area contributed by atoms with E-state index >= 15 is 0 Å². The Balaban J connectivity index is 4.28. The van der Waals surface area contributed by atoms with Crippen molar-refractivity contribution in [1.29, 1.82) is 0 Å². The molecule has 1 atom stereocenters. The van der Waals surface area contributed by atoms with Crippen LogP contribution in [-0.2, 0) is 0 Å². The molecule has 2 nitrogen and oxygen atoms in total. The van der Waals surface area contributed by atoms with Crippen molar-refractivity contribution in [2.24, 2.45) is 5.92 Å². The van der Waals surface area contributed by atoms with Crippen LogP contribution in [0.1, 0.15) is 48.0 Å². The zero-order chi connectivity index (χ0) is 11.1. The normalized spacial score (nSPS) is 14.4. The first kappa shape index (κ1) is 13.9. The third kappa shape index (κ3) is 4.43. The highest BCUT2D eigenvalue weighted by Gasteiger charge is 2.27. The van der Waals surface area contributed by atoms with Gasteiger partial charge in [0, 0.05) is 6.42 Å². The van der Waals surface area contributed by atoms with Crippen molar-refractivity contribution >= 4 is 0 Å². The molecule has 0 aromatic heterocycles. The number of nitrogens with zero attached hydrogens (tertiary/aromatic N) is 2. The maximum absolute atomic E-state index is 2.50. The summed E-state index contributed by atoms with van der Waals surface area (Å²) in [7, 11) is 0. The second-order valence-electron chi connectivity index (χ2n) is 4.41. The van der Waals surface area contributed by atoms with E-state index in [1.54, 1.807) is 0 Å². The lowest BCUT2D eigenvalue weighted by Crippen LogP contribution is -2.53. The fourth-order valence-electron chi connectivity index (χ4n) is 1.84. The lowest BCUT2D eigenvalue weighted by atomic mass is 10.2. The van der Waals surface area contributed by atoms with Gasteiger partial charge in [0.2, 0.25) is 0 Å². The molecule has 2 heteroatoms. The molecule has 0 aromatic carbocycles. The van der Waals surface area contributed by atoms with E-state index in [1.165, 1.54) is 13.0 Å². The Bertz CT molecular complexity index is 134. The minimum Gasteiger partial charge on any atom is -0.106 e. The fourth-order valence-corrected chi connectivity index (χ4v) is 1.84. The molecule has 0 aliphatic carbocycles. The molecule has 0 rings (SSSR count). The number of rotatable bonds is 7. The molecule has 0 aliphatic heterocycles. The fraction of sp³-hybridized carbons (Fsp3) is 1.00. The van der Waals surface area contributed by atoms with E-state index in [-0.39, 0.29) is 0 Å². The highest BCUT2D eigenvalue weighted by Crippen LogP contribution is 2.07. The van der Waals surface area contributed by atoms with Crippen LogP contribution in [0.25, 0.3) is 0 Å². The van der Waals surface area contributed by atoms with Gasteiger partial charge in [-0.3, -0.25) is 0 Å². The first-order valence-electron chi connectivity index (χ1n) is 6.08. The molecule has 0 aliphatic rings. The molecule has 1 unspecified atom stereocenters. The Kier molecular flexibility index (Phi) is 7.20. The van der Waals surface area contributed by atoms with Crippen molar-refractivity contribution in [3.63, 3.8) is 0 Å². The third-order valence-corrected chi connectivity index (χ3v) is 2.73. The van der Waals surface area contributed by atoms with Crippen LogP contribution in [0.3, 0.4) is 0 Å². The average molecular weight is 200 g/mol. The molecule has 0 heterocycles. The SMILES string of the molecule is CCC(C)[N+](CC)N(CC)CC(C)C. The Morgan fingerprint density at radius 1 is 1.07 bits per heavy atom. The topological polar surface area (TPSA) is 9.14 Å². The summed E-state index contributed by atoms with van der Waals surface area (Å²) in [5, 5.41) is 4.98. The molecule has 1 radical (unpaired) electrons. The highest BCUT2D eigenvalue weighted by molar-refractivity contribution is 4.69. The Morgan fingerprint density at radius 2 is 1.64 bits per heavy atom. The smallest absolute Gasteiger partial charge is 0.106 e. The summed E-state index contributed by atoms with van der Waals surface area (Å²) in [6.07, 6.45) is 1.22. The van der Waals surface area contributed by atoms with Crippen LogP contribution in [-0.4, -0.2) is 30.7 Å². The van der Waals surface area contributed by atoms with Gasteiger partial charge in [0.1, 0.15) is 6.54 Å². The van der Waals surface area contributed by atoms with Gasteiger partial charge in [-0.15, -0.1) is 5.01 Å². The molecule has 0 spiro atoms. The van der Waals surface area contributed by atoms with Crippen LogP contribution in [0.4, 0.5) is 0 Å². The predicted molar refractivity (Wildman–Crippen MR) is 64.5 cm³/mol. The van der Waals surface area contributed by atoms with E-state index < -0.39 is 0 Å². The molecule has 0 aromatic rings. The minimum absolute atomic E-state index is 0.665. The zero-order valence-corrected chi connectivity index (χ0v) is 10.9. The van der Waals surface area contributed by atoms with Gasteiger partial charge in [-0.2, -0.15) is 0 Å². The second kappa shape index (κ2) is 7.24. The molecule has 0 fully saturated rings. The van der Waals surface area contributed by atoms with Crippen LogP contribution in [0.15, 0.2) is 0 Å². The molecule has 14 heavy (non-hydrogen) atoms. The van der Waals surface area contributed by atoms with Crippen molar-refractivity contribution < 1.29 is 0 Å². The van der Waals surface area contributed by atoms with Crippen LogP contribution in [0, 0.1) is 5.92 Å². The molecule has 0 bridgehead atoms. The molecule has 0 saturated carbocycles. The zero-order valence-electron chi connectivity index (χ0n) is 10.9. The average Bonchev–Trinajstić information content (AvgIpc) is 2.16. The highest BCUT2D eigenvalue weighted by atomic mass is 15.6. The van der Waals surface area contributed by atoms with Gasteiger partial charge in [0.25, 0.3) is 0 Å². The summed E-state index contributed by atoms with van der Waals surface area (Å²) in [6.45, 7) is 17.0. The first-order chi connectivity index (χ1) is 6.56. The Labute approximate surface area is 90.2 Å². The van der Waals surface area contributed by atoms with Gasteiger partial charge in [-0.25, -0.2) is 0 Å². The van der Waals surface area contributed by atoms with E-state index in [0.717, 1.165) is 19.0 Å². The second-order valence-corrected chi connectivity index (χ2v) is 4.41. The van der Waals surface area contributed by atoms with Crippen molar-refractivity contribution in [2.75, 3.05) is 19.6 Å². The maximum Gasteiger partial charge on any atom is 0.151 e. The summed E-state index contributed by atoms with van der Waals surface area (Å²) in [4.78, 5) is 0. The molecule has 85 valence electrons. The van der Waals surface area contributed by atoms with Crippen molar-refractivity contribution in [2.45, 2.75) is 54.0 Å². The molecule has 0 N–H and O–H groups in total. The summed E-state index contributed by atoms with van der Waals surface area (Å²) in [5.74, 6) is 0.744. The van der Waals surface area contributed by atoms with Crippen LogP contribution in [0.2, 0.25) is 0 Å². The lowest BCUT2D eigenvalue weighted by Gasteiger charge is -2.27. The monoisotopic (exact) mass is 200 g/mol. The lowest BCUT2D eigenvalue weighted by molar-refractivity contribution is 0.0342. The Hall–Kier alpha value is -0.0800. The maximum atomic E-state index is 2.50. The van der Waals surface area contributed by atoms with Crippen LogP contribution in [0.5, 0.6) is 0 Å². The van der Waals surface area contributed by atoms with Gasteiger partial charge in [0.05, 0.1) is 13.1 Å². The quantitative estimate of drug-likeness (QED) is 0.453. The number of hydrazine groups is 1. The molecular formula is C12H28N2+. The van der Waals surface area contributed by atoms with Gasteiger partial charge in [0.15, 0.2) is 6.04 Å². The summed E-state index contributed by atoms with van der Waals surface area (Å²) in [6, 6.07) is 0.665. The summed E-state index contributed by atoms with van der Waals surface area (Å²) in [5.41, 5.74) is 0. The third-order valence-electron chi connectivity index (χ3n) is 2.73. The number of hydrogen-bond acceptors (Lipinski definition) is 2. The van der Waals surface area contributed by atoms with E-state index in [4.69, 9.17) is 0 Å². The standard InChI is InChI=1S/C12H28N2/c1-7-12(6)14(9-3)13(8-2)10-11(4)5/h11-12H,7-10H2,1-6H3/q+1. The van der Waals surface area contributed by atoms with Gasteiger partial charge < -0.3 is 0 Å². The molecule has 0 amide bonds. The van der Waals surface area contributed by atoms with Crippen LogP contribution >= 0.6 is 0 Å². The van der Waals surface area contributed by atoms with E-state index in [1.807, 2.05) is 0 Å².